The van der Waals surface area contributed by atoms with Crippen LogP contribution in [-0.4, -0.2) is 56.6 Å². The molecule has 0 bridgehead atoms. The minimum absolute atomic E-state index is 0.0862. The number of nitrogens with zero attached hydrogens (tertiary/aromatic N) is 2. The van der Waals surface area contributed by atoms with Crippen molar-refractivity contribution < 1.29 is 18.0 Å². The van der Waals surface area contributed by atoms with Crippen molar-refractivity contribution in [3.8, 4) is 0 Å². The van der Waals surface area contributed by atoms with E-state index in [0.29, 0.717) is 29.1 Å². The summed E-state index contributed by atoms with van der Waals surface area (Å²) in [6.45, 7) is 7.16. The van der Waals surface area contributed by atoms with Crippen molar-refractivity contribution in [3.05, 3.63) is 64.7 Å². The zero-order valence-corrected chi connectivity index (χ0v) is 22.0. The lowest BCUT2D eigenvalue weighted by atomic mass is 10.1. The van der Waals surface area contributed by atoms with Crippen LogP contribution in [0.2, 0.25) is 5.02 Å². The number of carbonyl (C=O) groups is 2. The van der Waals surface area contributed by atoms with E-state index in [2.05, 4.69) is 5.32 Å². The number of halogens is 1. The van der Waals surface area contributed by atoms with E-state index >= 15 is 0 Å². The summed E-state index contributed by atoms with van der Waals surface area (Å²) in [7, 11) is -3.78. The average Bonchev–Trinajstić information content (AvgIpc) is 2.74. The topological polar surface area (TPSA) is 86.8 Å². The first-order valence-electron chi connectivity index (χ1n) is 11.3. The quantitative estimate of drug-likeness (QED) is 0.501. The molecule has 186 valence electrons. The van der Waals surface area contributed by atoms with E-state index in [1.807, 2.05) is 51.1 Å². The Hall–Kier alpha value is -2.58. The normalized spacial score (nSPS) is 12.3. The van der Waals surface area contributed by atoms with Crippen LogP contribution in [-0.2, 0) is 26.0 Å². The number of carbonyl (C=O) groups excluding carboxylic acids is 2. The lowest BCUT2D eigenvalue weighted by Gasteiger charge is -2.33. The first-order chi connectivity index (χ1) is 15.9. The van der Waals surface area contributed by atoms with Crippen LogP contribution in [0.25, 0.3) is 0 Å². The second kappa shape index (κ2) is 12.2. The molecule has 2 rings (SSSR count). The van der Waals surface area contributed by atoms with Crippen molar-refractivity contribution in [2.75, 3.05) is 23.7 Å². The molecular weight excluding hydrogens is 474 g/mol. The third-order valence-corrected chi connectivity index (χ3v) is 6.77. The Morgan fingerprint density at radius 2 is 1.74 bits per heavy atom. The van der Waals surface area contributed by atoms with E-state index in [0.717, 1.165) is 16.1 Å². The number of rotatable bonds is 11. The molecule has 0 saturated heterocycles. The van der Waals surface area contributed by atoms with E-state index in [4.69, 9.17) is 11.6 Å². The van der Waals surface area contributed by atoms with Gasteiger partial charge >= 0.3 is 0 Å². The minimum Gasteiger partial charge on any atom is -0.352 e. The fourth-order valence-corrected chi connectivity index (χ4v) is 4.90. The van der Waals surface area contributed by atoms with Crippen LogP contribution >= 0.6 is 11.6 Å². The Balaban J connectivity index is 2.39. The molecule has 7 nitrogen and oxygen atoms in total. The van der Waals surface area contributed by atoms with Crippen LogP contribution in [0.15, 0.2) is 48.5 Å². The highest BCUT2D eigenvalue weighted by Crippen LogP contribution is 2.26. The van der Waals surface area contributed by atoms with Gasteiger partial charge in [0.05, 0.1) is 11.9 Å². The molecule has 0 aliphatic rings. The van der Waals surface area contributed by atoms with Crippen LogP contribution in [0.1, 0.15) is 38.3 Å². The minimum atomic E-state index is -3.78. The summed E-state index contributed by atoms with van der Waals surface area (Å²) >= 11 is 6.04. The predicted octanol–water partition coefficient (Wildman–Crippen LogP) is 3.79. The molecule has 0 unspecified atom stereocenters. The molecular formula is C25H34ClN3O4S. The lowest BCUT2D eigenvalue weighted by molar-refractivity contribution is -0.139. The Kier molecular flexibility index (Phi) is 9.94. The molecule has 1 atom stereocenters. The molecule has 34 heavy (non-hydrogen) atoms. The number of anilines is 1. The number of sulfonamides is 1. The summed E-state index contributed by atoms with van der Waals surface area (Å²) in [5.41, 5.74) is 2.03. The van der Waals surface area contributed by atoms with Crippen LogP contribution in [0.5, 0.6) is 0 Å². The van der Waals surface area contributed by atoms with Crippen molar-refractivity contribution >= 4 is 39.1 Å². The number of hydrogen-bond donors (Lipinski definition) is 1. The van der Waals surface area contributed by atoms with Gasteiger partial charge in [0.15, 0.2) is 0 Å². The van der Waals surface area contributed by atoms with Gasteiger partial charge in [-0.15, -0.1) is 0 Å². The summed E-state index contributed by atoms with van der Waals surface area (Å²) in [6, 6.07) is 13.7. The maximum Gasteiger partial charge on any atom is 0.244 e. The Labute approximate surface area is 208 Å². The van der Waals surface area contributed by atoms with Gasteiger partial charge in [-0.1, -0.05) is 48.9 Å². The van der Waals surface area contributed by atoms with Crippen molar-refractivity contribution in [2.45, 2.75) is 52.6 Å². The van der Waals surface area contributed by atoms with Gasteiger partial charge in [-0.3, -0.25) is 13.9 Å². The third kappa shape index (κ3) is 7.74. The van der Waals surface area contributed by atoms with Gasteiger partial charge in [-0.25, -0.2) is 8.42 Å². The molecule has 0 spiro atoms. The van der Waals surface area contributed by atoms with Crippen molar-refractivity contribution in [2.24, 2.45) is 0 Å². The highest BCUT2D eigenvalue weighted by Gasteiger charge is 2.32. The number of nitrogens with one attached hydrogen (secondary N) is 1. The summed E-state index contributed by atoms with van der Waals surface area (Å²) in [5, 5.41) is 3.35. The SMILES string of the molecule is CC[C@@H](C(=O)NC(C)C)N(CCc1ccccc1)C(=O)CN(c1ccc(Cl)cc1C)S(C)(=O)=O. The molecule has 0 aromatic heterocycles. The highest BCUT2D eigenvalue weighted by molar-refractivity contribution is 7.92. The maximum absolute atomic E-state index is 13.6. The first-order valence-corrected chi connectivity index (χ1v) is 13.5. The number of benzene rings is 2. The molecule has 2 amide bonds. The predicted molar refractivity (Wildman–Crippen MR) is 138 cm³/mol. The fourth-order valence-electron chi connectivity index (χ4n) is 3.77. The Morgan fingerprint density at radius 3 is 2.26 bits per heavy atom. The van der Waals surface area contributed by atoms with E-state index in [1.165, 1.54) is 4.90 Å². The number of aryl methyl sites for hydroxylation is 1. The van der Waals surface area contributed by atoms with Crippen molar-refractivity contribution in [3.63, 3.8) is 0 Å². The average molecular weight is 508 g/mol. The van der Waals surface area contributed by atoms with Crippen LogP contribution < -0.4 is 9.62 Å². The van der Waals surface area contributed by atoms with Gasteiger partial charge in [0.2, 0.25) is 21.8 Å². The molecule has 0 radical (unpaired) electrons. The summed E-state index contributed by atoms with van der Waals surface area (Å²) in [4.78, 5) is 28.0. The second-order valence-electron chi connectivity index (χ2n) is 8.61. The van der Waals surface area contributed by atoms with Crippen molar-refractivity contribution in [1.82, 2.24) is 10.2 Å². The largest absolute Gasteiger partial charge is 0.352 e. The summed E-state index contributed by atoms with van der Waals surface area (Å²) < 4.78 is 26.4. The summed E-state index contributed by atoms with van der Waals surface area (Å²) in [5.74, 6) is -0.700. The number of hydrogen-bond acceptors (Lipinski definition) is 4. The highest BCUT2D eigenvalue weighted by atomic mass is 35.5. The zero-order valence-electron chi connectivity index (χ0n) is 20.4. The fraction of sp³-hybridized carbons (Fsp3) is 0.440. The van der Waals surface area contributed by atoms with Gasteiger partial charge in [0.1, 0.15) is 12.6 Å². The Bertz CT molecular complexity index is 1090. The first kappa shape index (κ1) is 27.7. The Morgan fingerprint density at radius 1 is 1.09 bits per heavy atom. The van der Waals surface area contributed by atoms with Gasteiger partial charge in [0.25, 0.3) is 0 Å². The molecule has 0 fully saturated rings. The smallest absolute Gasteiger partial charge is 0.244 e. The molecule has 0 heterocycles. The molecule has 2 aromatic carbocycles. The van der Waals surface area contributed by atoms with Crippen LogP contribution in [0.4, 0.5) is 5.69 Å². The van der Waals surface area contributed by atoms with Gasteiger partial charge in [-0.2, -0.15) is 0 Å². The van der Waals surface area contributed by atoms with Gasteiger partial charge in [0, 0.05) is 17.6 Å². The van der Waals surface area contributed by atoms with E-state index in [-0.39, 0.29) is 18.5 Å². The summed E-state index contributed by atoms with van der Waals surface area (Å²) in [6.07, 6.45) is 2.00. The number of amides is 2. The molecule has 1 N–H and O–H groups in total. The van der Waals surface area contributed by atoms with E-state index in [1.54, 1.807) is 25.1 Å². The zero-order chi connectivity index (χ0) is 25.5. The third-order valence-electron chi connectivity index (χ3n) is 5.41. The van der Waals surface area contributed by atoms with Crippen LogP contribution in [0.3, 0.4) is 0 Å². The maximum atomic E-state index is 13.6. The standard InChI is InChI=1S/C25H34ClN3O4S/c1-6-22(25(31)27-18(2)3)28(15-14-20-10-8-7-9-11-20)24(30)17-29(34(5,32)33)23-13-12-21(26)16-19(23)4/h7-13,16,18,22H,6,14-15,17H2,1-5H3,(H,27,31)/t22-/m0/s1. The van der Waals surface area contributed by atoms with Crippen molar-refractivity contribution in [1.29, 1.82) is 0 Å². The molecule has 0 aliphatic carbocycles. The van der Waals surface area contributed by atoms with E-state index < -0.39 is 28.5 Å². The lowest BCUT2D eigenvalue weighted by Crippen LogP contribution is -2.54. The second-order valence-corrected chi connectivity index (χ2v) is 11.0. The molecule has 2 aromatic rings. The molecule has 0 aliphatic heterocycles. The van der Waals surface area contributed by atoms with Crippen LogP contribution in [0, 0.1) is 6.92 Å². The molecule has 0 saturated carbocycles. The monoisotopic (exact) mass is 507 g/mol. The van der Waals surface area contributed by atoms with Gasteiger partial charge < -0.3 is 10.2 Å². The van der Waals surface area contributed by atoms with E-state index in [9.17, 15) is 18.0 Å². The molecule has 9 heteroatoms. The van der Waals surface area contributed by atoms with Gasteiger partial charge in [-0.05, 0) is 62.9 Å².